The van der Waals surface area contributed by atoms with E-state index in [1.54, 1.807) is 0 Å². The molecule has 2 heteroatoms. The maximum atomic E-state index is 3.69. The summed E-state index contributed by atoms with van der Waals surface area (Å²) >= 11 is 0. The van der Waals surface area contributed by atoms with E-state index >= 15 is 0 Å². The topological polar surface area (TPSA) is 15.3 Å². The molecule has 1 unspecified atom stereocenters. The second-order valence-corrected chi connectivity index (χ2v) is 4.55. The zero-order valence-corrected chi connectivity index (χ0v) is 8.76. The molecule has 0 bridgehead atoms. The van der Waals surface area contributed by atoms with E-state index in [0.717, 1.165) is 12.0 Å². The summed E-state index contributed by atoms with van der Waals surface area (Å²) in [6, 6.07) is 0.814. The van der Waals surface area contributed by atoms with Gasteiger partial charge in [0.25, 0.3) is 0 Å². The van der Waals surface area contributed by atoms with Crippen LogP contribution in [0.5, 0.6) is 0 Å². The molecular formula is C11H22N2. The number of nitrogens with one attached hydrogen (secondary N) is 1. The van der Waals surface area contributed by atoms with E-state index in [0.29, 0.717) is 0 Å². The molecule has 1 atom stereocenters. The summed E-state index contributed by atoms with van der Waals surface area (Å²) in [5.74, 6) is 1.01. The molecule has 1 saturated carbocycles. The summed E-state index contributed by atoms with van der Waals surface area (Å²) in [7, 11) is 0. The number of rotatable bonds is 3. The smallest absolute Gasteiger partial charge is 0.0223 e. The maximum Gasteiger partial charge on any atom is 0.0223 e. The summed E-state index contributed by atoms with van der Waals surface area (Å²) in [5, 5.41) is 3.69. The third kappa shape index (κ3) is 2.68. The molecule has 13 heavy (non-hydrogen) atoms. The largest absolute Gasteiger partial charge is 0.312 e. The van der Waals surface area contributed by atoms with Gasteiger partial charge >= 0.3 is 0 Å². The van der Waals surface area contributed by atoms with Crippen molar-refractivity contribution in [2.45, 2.75) is 38.6 Å². The lowest BCUT2D eigenvalue weighted by Crippen LogP contribution is -2.39. The molecule has 1 aliphatic heterocycles. The van der Waals surface area contributed by atoms with Crippen molar-refractivity contribution in [1.29, 1.82) is 0 Å². The van der Waals surface area contributed by atoms with Crippen molar-refractivity contribution in [3.05, 3.63) is 0 Å². The van der Waals surface area contributed by atoms with Crippen LogP contribution in [-0.4, -0.2) is 37.1 Å². The fourth-order valence-electron chi connectivity index (χ4n) is 2.36. The van der Waals surface area contributed by atoms with Gasteiger partial charge in [0.1, 0.15) is 0 Å². The Balaban J connectivity index is 1.82. The van der Waals surface area contributed by atoms with Gasteiger partial charge < -0.3 is 10.2 Å². The average Bonchev–Trinajstić information content (AvgIpc) is 2.90. The molecular weight excluding hydrogens is 160 g/mol. The molecule has 0 aromatic heterocycles. The molecule has 76 valence electrons. The van der Waals surface area contributed by atoms with Crippen molar-refractivity contribution in [2.24, 2.45) is 5.92 Å². The molecule has 2 fully saturated rings. The molecule has 2 aliphatic rings. The quantitative estimate of drug-likeness (QED) is 0.711. The van der Waals surface area contributed by atoms with Crippen LogP contribution in [-0.2, 0) is 0 Å². The normalized spacial score (nSPS) is 31.6. The van der Waals surface area contributed by atoms with Gasteiger partial charge in [0.2, 0.25) is 0 Å². The lowest BCUT2D eigenvalue weighted by Gasteiger charge is -2.23. The van der Waals surface area contributed by atoms with Gasteiger partial charge in [0, 0.05) is 12.6 Å². The highest BCUT2D eigenvalue weighted by molar-refractivity contribution is 4.89. The van der Waals surface area contributed by atoms with Crippen LogP contribution >= 0.6 is 0 Å². The Kier molecular flexibility index (Phi) is 3.23. The molecule has 1 saturated heterocycles. The van der Waals surface area contributed by atoms with Crippen molar-refractivity contribution in [3.63, 3.8) is 0 Å². The molecule has 2 nitrogen and oxygen atoms in total. The minimum Gasteiger partial charge on any atom is -0.312 e. The van der Waals surface area contributed by atoms with Crippen molar-refractivity contribution in [3.8, 4) is 0 Å². The van der Waals surface area contributed by atoms with Crippen molar-refractivity contribution in [2.75, 3.05) is 26.2 Å². The molecule has 2 rings (SSSR count). The van der Waals surface area contributed by atoms with Crippen LogP contribution in [0, 0.1) is 5.92 Å². The number of hydrogen-bond donors (Lipinski definition) is 1. The zero-order valence-electron chi connectivity index (χ0n) is 8.76. The monoisotopic (exact) mass is 182 g/mol. The average molecular weight is 182 g/mol. The molecule has 1 aliphatic carbocycles. The molecule has 0 aromatic carbocycles. The summed E-state index contributed by atoms with van der Waals surface area (Å²) in [5.41, 5.74) is 0. The summed E-state index contributed by atoms with van der Waals surface area (Å²) in [4.78, 5) is 2.64. The lowest BCUT2D eigenvalue weighted by atomic mass is 10.2. The van der Waals surface area contributed by atoms with E-state index in [9.17, 15) is 0 Å². The Morgan fingerprint density at radius 2 is 2.23 bits per heavy atom. The van der Waals surface area contributed by atoms with E-state index in [1.165, 1.54) is 51.9 Å². The van der Waals surface area contributed by atoms with Gasteiger partial charge in [-0.1, -0.05) is 6.92 Å². The van der Waals surface area contributed by atoms with E-state index in [4.69, 9.17) is 0 Å². The van der Waals surface area contributed by atoms with Gasteiger partial charge in [-0.25, -0.2) is 0 Å². The van der Waals surface area contributed by atoms with E-state index in [1.807, 2.05) is 0 Å². The van der Waals surface area contributed by atoms with Gasteiger partial charge in [-0.15, -0.1) is 0 Å². The van der Waals surface area contributed by atoms with E-state index in [-0.39, 0.29) is 0 Å². The highest BCUT2D eigenvalue weighted by atomic mass is 15.2. The lowest BCUT2D eigenvalue weighted by molar-refractivity contribution is 0.259. The minimum atomic E-state index is 0.814. The third-order valence-electron chi connectivity index (χ3n) is 3.24. The fourth-order valence-corrected chi connectivity index (χ4v) is 2.36. The molecule has 0 radical (unpaired) electrons. The Morgan fingerprint density at radius 1 is 1.38 bits per heavy atom. The van der Waals surface area contributed by atoms with Crippen molar-refractivity contribution in [1.82, 2.24) is 10.2 Å². The minimum absolute atomic E-state index is 0.814. The first-order valence-electron chi connectivity index (χ1n) is 5.86. The summed E-state index contributed by atoms with van der Waals surface area (Å²) in [6.45, 7) is 7.43. The summed E-state index contributed by atoms with van der Waals surface area (Å²) in [6.07, 6.45) is 5.58. The highest BCUT2D eigenvalue weighted by Crippen LogP contribution is 2.33. The van der Waals surface area contributed by atoms with Gasteiger partial charge in [-0.2, -0.15) is 0 Å². The van der Waals surface area contributed by atoms with E-state index < -0.39 is 0 Å². The number of nitrogens with zero attached hydrogens (tertiary/aromatic N) is 1. The Hall–Kier alpha value is -0.0800. The van der Waals surface area contributed by atoms with Crippen LogP contribution in [0.4, 0.5) is 0 Å². The highest BCUT2D eigenvalue weighted by Gasteiger charge is 2.32. The molecule has 0 aromatic rings. The van der Waals surface area contributed by atoms with Crippen LogP contribution in [0.15, 0.2) is 0 Å². The van der Waals surface area contributed by atoms with Crippen LogP contribution in [0.25, 0.3) is 0 Å². The maximum absolute atomic E-state index is 3.69. The predicted octanol–water partition coefficient (Wildman–Crippen LogP) is 1.47. The molecule has 0 spiro atoms. The van der Waals surface area contributed by atoms with Crippen LogP contribution in [0.3, 0.4) is 0 Å². The van der Waals surface area contributed by atoms with Gasteiger partial charge in [0.05, 0.1) is 0 Å². The Morgan fingerprint density at radius 3 is 2.92 bits per heavy atom. The van der Waals surface area contributed by atoms with Crippen molar-refractivity contribution < 1.29 is 0 Å². The first-order chi connectivity index (χ1) is 6.40. The Labute approximate surface area is 81.7 Å². The molecule has 0 amide bonds. The Bertz CT molecular complexity index is 154. The molecule has 1 N–H and O–H groups in total. The zero-order chi connectivity index (χ0) is 9.10. The van der Waals surface area contributed by atoms with Crippen LogP contribution < -0.4 is 5.32 Å². The second-order valence-electron chi connectivity index (χ2n) is 4.55. The van der Waals surface area contributed by atoms with E-state index in [2.05, 4.69) is 17.1 Å². The standard InChI is InChI=1S/C11H22N2/c1-2-7-13-8-3-6-12-11(9-13)10-4-5-10/h10-12H,2-9H2,1H3. The van der Waals surface area contributed by atoms with Crippen molar-refractivity contribution >= 4 is 0 Å². The first-order valence-corrected chi connectivity index (χ1v) is 5.86. The van der Waals surface area contributed by atoms with Gasteiger partial charge in [-0.05, 0) is 51.2 Å². The van der Waals surface area contributed by atoms with Crippen LogP contribution in [0.2, 0.25) is 0 Å². The first kappa shape index (κ1) is 9.47. The SMILES string of the molecule is CCCN1CCCNC(C2CC2)C1. The van der Waals surface area contributed by atoms with Gasteiger partial charge in [-0.3, -0.25) is 0 Å². The van der Waals surface area contributed by atoms with Crippen LogP contribution in [0.1, 0.15) is 32.6 Å². The second kappa shape index (κ2) is 4.43. The summed E-state index contributed by atoms with van der Waals surface area (Å²) < 4.78 is 0. The number of hydrogen-bond acceptors (Lipinski definition) is 2. The third-order valence-corrected chi connectivity index (χ3v) is 3.24. The fraction of sp³-hybridized carbons (Fsp3) is 1.00. The molecule has 1 heterocycles. The predicted molar refractivity (Wildman–Crippen MR) is 55.9 cm³/mol. The van der Waals surface area contributed by atoms with Gasteiger partial charge in [0.15, 0.2) is 0 Å².